The maximum absolute atomic E-state index is 12.0. The lowest BCUT2D eigenvalue weighted by atomic mass is 10.2. The molecule has 0 aliphatic heterocycles. The van der Waals surface area contributed by atoms with Crippen molar-refractivity contribution in [3.63, 3.8) is 0 Å². The molecule has 3 nitrogen and oxygen atoms in total. The quantitative estimate of drug-likeness (QED) is 0.780. The van der Waals surface area contributed by atoms with Crippen LogP contribution in [0.15, 0.2) is 18.2 Å². The minimum absolute atomic E-state index is 0.175. The van der Waals surface area contributed by atoms with Gasteiger partial charge in [-0.3, -0.25) is 9.48 Å². The van der Waals surface area contributed by atoms with Gasteiger partial charge in [-0.05, 0) is 31.5 Å². The van der Waals surface area contributed by atoms with Gasteiger partial charge in [0.25, 0.3) is 0 Å². The number of rotatable bonds is 4. The monoisotopic (exact) mass is 248 g/mol. The maximum atomic E-state index is 12.0. The Kier molecular flexibility index (Phi) is 3.43. The number of carbonyl (C=O) groups excluding carboxylic acids is 1. The molecule has 2 aromatic heterocycles. The molecule has 0 aromatic carbocycles. The van der Waals surface area contributed by atoms with Crippen LogP contribution in [-0.4, -0.2) is 15.6 Å². The normalized spacial score (nSPS) is 10.8. The van der Waals surface area contributed by atoms with Crippen LogP contribution >= 0.6 is 11.3 Å². The zero-order valence-corrected chi connectivity index (χ0v) is 11.2. The Labute approximate surface area is 105 Å². The molecule has 0 atom stereocenters. The summed E-state index contributed by atoms with van der Waals surface area (Å²) in [5.74, 6) is 0.175. The van der Waals surface area contributed by atoms with Crippen molar-refractivity contribution in [1.82, 2.24) is 9.78 Å². The van der Waals surface area contributed by atoms with E-state index < -0.39 is 0 Å². The van der Waals surface area contributed by atoms with E-state index in [9.17, 15) is 4.79 Å². The molecular weight excluding hydrogens is 232 g/mol. The van der Waals surface area contributed by atoms with E-state index >= 15 is 0 Å². The molecule has 0 saturated carbocycles. The highest BCUT2D eigenvalue weighted by Gasteiger charge is 2.12. The summed E-state index contributed by atoms with van der Waals surface area (Å²) in [5.41, 5.74) is 2.02. The van der Waals surface area contributed by atoms with Crippen LogP contribution in [0.4, 0.5) is 0 Å². The van der Waals surface area contributed by atoms with Gasteiger partial charge in [0, 0.05) is 17.6 Å². The summed E-state index contributed by atoms with van der Waals surface area (Å²) in [6.07, 6.45) is 1.34. The molecule has 17 heavy (non-hydrogen) atoms. The smallest absolute Gasteiger partial charge is 0.178 e. The fourth-order valence-corrected chi connectivity index (χ4v) is 2.55. The predicted octanol–water partition coefficient (Wildman–Crippen LogP) is 2.78. The third kappa shape index (κ3) is 2.64. The summed E-state index contributed by atoms with van der Waals surface area (Å²) >= 11 is 1.55. The highest BCUT2D eigenvalue weighted by molar-refractivity contribution is 7.14. The number of nitrogens with zero attached hydrogens (tertiary/aromatic N) is 2. The molecule has 0 aliphatic rings. The first-order chi connectivity index (χ1) is 8.10. The van der Waals surface area contributed by atoms with E-state index in [1.54, 1.807) is 16.0 Å². The summed E-state index contributed by atoms with van der Waals surface area (Å²) in [6.45, 7) is 4.08. The number of Topliss-reactive ketones (excluding diaryl/α,β-unsaturated/α-hetero) is 1. The summed E-state index contributed by atoms with van der Waals surface area (Å²) < 4.78 is 1.80. The van der Waals surface area contributed by atoms with Crippen molar-refractivity contribution in [2.45, 2.75) is 26.7 Å². The van der Waals surface area contributed by atoms with Crippen LogP contribution in [0.3, 0.4) is 0 Å². The van der Waals surface area contributed by atoms with E-state index in [0.29, 0.717) is 6.42 Å². The van der Waals surface area contributed by atoms with Gasteiger partial charge in [-0.15, -0.1) is 11.3 Å². The lowest BCUT2D eigenvalue weighted by Gasteiger charge is -1.99. The first kappa shape index (κ1) is 12.0. The Balaban J connectivity index is 2.15. The average molecular weight is 248 g/mol. The lowest BCUT2D eigenvalue weighted by Crippen LogP contribution is -2.06. The van der Waals surface area contributed by atoms with Crippen molar-refractivity contribution >= 4 is 17.1 Å². The molecule has 0 spiro atoms. The first-order valence-electron chi connectivity index (χ1n) is 5.71. The number of hydrogen-bond donors (Lipinski definition) is 0. The van der Waals surface area contributed by atoms with Crippen molar-refractivity contribution < 1.29 is 4.79 Å². The second-order valence-electron chi connectivity index (χ2n) is 4.11. The van der Waals surface area contributed by atoms with Crippen LogP contribution in [0.25, 0.3) is 0 Å². The largest absolute Gasteiger partial charge is 0.293 e. The van der Waals surface area contributed by atoms with Gasteiger partial charge in [0.05, 0.1) is 17.0 Å². The Bertz CT molecular complexity index is 539. The molecule has 0 radical (unpaired) electrons. The number of hydrogen-bond acceptors (Lipinski definition) is 3. The number of thiophene rings is 1. The third-order valence-corrected chi connectivity index (χ3v) is 3.79. The standard InChI is InChI=1S/C13H16N2OS/c1-4-10-7-11(15(3)14-10)8-12(16)13-6-5-9(2)17-13/h5-7H,4,8H2,1-3H3. The topological polar surface area (TPSA) is 34.9 Å². The van der Waals surface area contributed by atoms with Crippen LogP contribution in [0.2, 0.25) is 0 Å². The molecule has 2 aromatic rings. The highest BCUT2D eigenvalue weighted by Crippen LogP contribution is 2.17. The van der Waals surface area contributed by atoms with Crippen molar-refractivity contribution in [1.29, 1.82) is 0 Å². The number of aryl methyl sites for hydroxylation is 3. The zero-order valence-electron chi connectivity index (χ0n) is 10.4. The SMILES string of the molecule is CCc1cc(CC(=O)c2ccc(C)s2)n(C)n1. The van der Waals surface area contributed by atoms with Gasteiger partial charge in [-0.1, -0.05) is 6.92 Å². The van der Waals surface area contributed by atoms with E-state index in [0.717, 1.165) is 22.7 Å². The first-order valence-corrected chi connectivity index (χ1v) is 6.53. The van der Waals surface area contributed by atoms with Crippen molar-refractivity contribution in [3.05, 3.63) is 39.3 Å². The van der Waals surface area contributed by atoms with E-state index in [4.69, 9.17) is 0 Å². The Hall–Kier alpha value is -1.42. The molecule has 0 fully saturated rings. The molecular formula is C13H16N2OS. The molecule has 90 valence electrons. The van der Waals surface area contributed by atoms with Gasteiger partial charge in [0.15, 0.2) is 5.78 Å². The molecule has 0 unspecified atom stereocenters. The average Bonchev–Trinajstić information content (AvgIpc) is 2.86. The van der Waals surface area contributed by atoms with Crippen LogP contribution in [0.5, 0.6) is 0 Å². The lowest BCUT2D eigenvalue weighted by molar-refractivity contribution is 0.0994. The number of carbonyl (C=O) groups is 1. The van der Waals surface area contributed by atoms with Gasteiger partial charge in [0.1, 0.15) is 0 Å². The zero-order chi connectivity index (χ0) is 12.4. The third-order valence-electron chi connectivity index (χ3n) is 2.75. The Morgan fingerprint density at radius 3 is 2.76 bits per heavy atom. The van der Waals surface area contributed by atoms with E-state index in [1.165, 1.54) is 4.88 Å². The van der Waals surface area contributed by atoms with E-state index in [2.05, 4.69) is 12.0 Å². The molecule has 2 rings (SSSR count). The van der Waals surface area contributed by atoms with Crippen molar-refractivity contribution in [3.8, 4) is 0 Å². The van der Waals surface area contributed by atoms with Gasteiger partial charge in [-0.25, -0.2) is 0 Å². The molecule has 0 bridgehead atoms. The summed E-state index contributed by atoms with van der Waals surface area (Å²) in [7, 11) is 1.89. The van der Waals surface area contributed by atoms with Crippen molar-refractivity contribution in [2.24, 2.45) is 7.05 Å². The van der Waals surface area contributed by atoms with Crippen LogP contribution in [0, 0.1) is 6.92 Å². The van der Waals surface area contributed by atoms with Crippen LogP contribution < -0.4 is 0 Å². The molecule has 4 heteroatoms. The summed E-state index contributed by atoms with van der Waals surface area (Å²) in [6, 6.07) is 5.90. The van der Waals surface area contributed by atoms with Gasteiger partial charge < -0.3 is 0 Å². The summed E-state index contributed by atoms with van der Waals surface area (Å²) in [4.78, 5) is 14.1. The molecule has 0 N–H and O–H groups in total. The minimum atomic E-state index is 0.175. The molecule has 0 amide bonds. The second kappa shape index (κ2) is 4.84. The van der Waals surface area contributed by atoms with Gasteiger partial charge >= 0.3 is 0 Å². The fraction of sp³-hybridized carbons (Fsp3) is 0.385. The van der Waals surface area contributed by atoms with Gasteiger partial charge in [-0.2, -0.15) is 5.10 Å². The van der Waals surface area contributed by atoms with Gasteiger partial charge in [0.2, 0.25) is 0 Å². The molecule has 0 saturated heterocycles. The van der Waals surface area contributed by atoms with E-state index in [1.807, 2.05) is 32.2 Å². The Morgan fingerprint density at radius 2 is 2.24 bits per heavy atom. The molecule has 2 heterocycles. The highest BCUT2D eigenvalue weighted by atomic mass is 32.1. The Morgan fingerprint density at radius 1 is 1.47 bits per heavy atom. The number of aromatic nitrogens is 2. The maximum Gasteiger partial charge on any atom is 0.178 e. The molecule has 0 aliphatic carbocycles. The summed E-state index contributed by atoms with van der Waals surface area (Å²) in [5, 5.41) is 4.35. The van der Waals surface area contributed by atoms with Crippen molar-refractivity contribution in [2.75, 3.05) is 0 Å². The fourth-order valence-electron chi connectivity index (χ4n) is 1.75. The minimum Gasteiger partial charge on any atom is -0.293 e. The van der Waals surface area contributed by atoms with E-state index in [-0.39, 0.29) is 5.78 Å². The van der Waals surface area contributed by atoms with Crippen LogP contribution in [-0.2, 0) is 19.9 Å². The number of ketones is 1. The van der Waals surface area contributed by atoms with Crippen LogP contribution in [0.1, 0.15) is 32.9 Å². The predicted molar refractivity (Wildman–Crippen MR) is 69.7 cm³/mol. The second-order valence-corrected chi connectivity index (χ2v) is 5.40.